The molecular formula is C12H13Cl3N2O4. The van der Waals surface area contributed by atoms with E-state index in [-0.39, 0.29) is 27.3 Å². The van der Waals surface area contributed by atoms with E-state index in [4.69, 9.17) is 39.9 Å². The summed E-state index contributed by atoms with van der Waals surface area (Å²) in [6.07, 6.45) is -0.499. The molecule has 1 rings (SSSR count). The van der Waals surface area contributed by atoms with E-state index in [0.717, 1.165) is 0 Å². The molecule has 1 aromatic rings. The van der Waals surface area contributed by atoms with Gasteiger partial charge in [-0.1, -0.05) is 34.8 Å². The molecule has 0 fully saturated rings. The van der Waals surface area contributed by atoms with Crippen LogP contribution in [0, 0.1) is 0 Å². The summed E-state index contributed by atoms with van der Waals surface area (Å²) in [7, 11) is 0. The van der Waals surface area contributed by atoms with E-state index >= 15 is 0 Å². The minimum atomic E-state index is -1.56. The molecule has 6 nitrogen and oxygen atoms in total. The molecule has 4 N–H and O–H groups in total. The van der Waals surface area contributed by atoms with Gasteiger partial charge in [0.25, 0.3) is 0 Å². The molecule has 0 spiro atoms. The van der Waals surface area contributed by atoms with Crippen LogP contribution in [0.4, 0.5) is 10.5 Å². The Kier molecular flexibility index (Phi) is 6.10. The Labute approximate surface area is 136 Å². The minimum absolute atomic E-state index is 0.192. The third-order valence-corrected chi connectivity index (χ3v) is 3.45. The third-order valence-electron chi connectivity index (χ3n) is 2.42. The Balaban J connectivity index is 2.62. The van der Waals surface area contributed by atoms with Crippen LogP contribution in [-0.2, 0) is 4.79 Å². The number of hydrogen-bond donors (Lipinski definition) is 4. The predicted molar refractivity (Wildman–Crippen MR) is 81.4 cm³/mol. The molecule has 1 atom stereocenters. The fraction of sp³-hybridized carbons (Fsp3) is 0.333. The lowest BCUT2D eigenvalue weighted by molar-refractivity contribution is -0.141. The highest BCUT2D eigenvalue weighted by molar-refractivity contribution is 6.44. The average Bonchev–Trinajstić information content (AvgIpc) is 2.32. The van der Waals surface area contributed by atoms with E-state index in [2.05, 4.69) is 10.6 Å². The van der Waals surface area contributed by atoms with Crippen LogP contribution in [0.2, 0.25) is 15.1 Å². The van der Waals surface area contributed by atoms with Gasteiger partial charge in [0, 0.05) is 6.54 Å². The fourth-order valence-corrected chi connectivity index (χ4v) is 2.04. The van der Waals surface area contributed by atoms with Gasteiger partial charge in [-0.05, 0) is 19.1 Å². The van der Waals surface area contributed by atoms with Crippen molar-refractivity contribution in [1.29, 1.82) is 0 Å². The van der Waals surface area contributed by atoms with Crippen molar-refractivity contribution in [3.63, 3.8) is 0 Å². The number of rotatable bonds is 5. The predicted octanol–water partition coefficient (Wildman–Crippen LogP) is 2.99. The van der Waals surface area contributed by atoms with Crippen LogP contribution in [-0.4, -0.2) is 34.4 Å². The molecule has 0 aliphatic carbocycles. The summed E-state index contributed by atoms with van der Waals surface area (Å²) < 4.78 is 0. The number of urea groups is 1. The monoisotopic (exact) mass is 354 g/mol. The molecule has 0 aromatic heterocycles. The molecule has 0 aliphatic rings. The average molecular weight is 356 g/mol. The molecule has 0 saturated heterocycles. The summed E-state index contributed by atoms with van der Waals surface area (Å²) >= 11 is 17.5. The number of aliphatic hydroxyl groups is 1. The molecule has 21 heavy (non-hydrogen) atoms. The number of halogens is 3. The number of benzene rings is 1. The second-order valence-electron chi connectivity index (χ2n) is 4.62. The fourth-order valence-electron chi connectivity index (χ4n) is 1.44. The zero-order valence-electron chi connectivity index (χ0n) is 10.9. The normalized spacial score (nSPS) is 13.4. The third kappa shape index (κ3) is 5.97. The Morgan fingerprint density at radius 2 is 1.76 bits per heavy atom. The summed E-state index contributed by atoms with van der Waals surface area (Å²) in [4.78, 5) is 22.2. The maximum Gasteiger partial charge on any atom is 0.319 e. The van der Waals surface area contributed by atoms with Crippen LogP contribution in [0.25, 0.3) is 0 Å². The lowest BCUT2D eigenvalue weighted by atomic mass is 10.0. The number of nitrogens with one attached hydrogen (secondary N) is 2. The summed E-state index contributed by atoms with van der Waals surface area (Å²) in [6, 6.07) is 2.09. The van der Waals surface area contributed by atoms with Crippen molar-refractivity contribution in [3.05, 3.63) is 27.2 Å². The van der Waals surface area contributed by atoms with Crippen molar-refractivity contribution in [2.45, 2.75) is 18.9 Å². The summed E-state index contributed by atoms with van der Waals surface area (Å²) in [5.41, 5.74) is -1.33. The van der Waals surface area contributed by atoms with Crippen LogP contribution < -0.4 is 10.6 Å². The van der Waals surface area contributed by atoms with Gasteiger partial charge in [-0.15, -0.1) is 0 Å². The SMILES string of the molecule is CC(O)(CNC(=O)Nc1cc(Cl)c(Cl)cc1Cl)CC(=O)O. The highest BCUT2D eigenvalue weighted by Gasteiger charge is 2.24. The molecule has 116 valence electrons. The first-order chi connectivity index (χ1) is 9.60. The van der Waals surface area contributed by atoms with E-state index in [1.165, 1.54) is 19.1 Å². The maximum atomic E-state index is 11.7. The largest absolute Gasteiger partial charge is 0.481 e. The maximum absolute atomic E-state index is 11.7. The molecular weight excluding hydrogens is 343 g/mol. The van der Waals surface area contributed by atoms with Gasteiger partial charge in [-0.25, -0.2) is 4.79 Å². The van der Waals surface area contributed by atoms with Crippen molar-refractivity contribution >= 4 is 52.5 Å². The van der Waals surface area contributed by atoms with Gasteiger partial charge < -0.3 is 20.8 Å². The highest BCUT2D eigenvalue weighted by atomic mass is 35.5. The van der Waals surface area contributed by atoms with Crippen molar-refractivity contribution in [3.8, 4) is 0 Å². The number of anilines is 1. The van der Waals surface area contributed by atoms with Crippen LogP contribution in [0.3, 0.4) is 0 Å². The molecule has 1 unspecified atom stereocenters. The molecule has 0 aliphatic heterocycles. The molecule has 2 amide bonds. The standard InChI is InChI=1S/C12H13Cl3N2O4/c1-12(21,4-10(18)19)5-16-11(20)17-9-3-7(14)6(13)2-8(9)15/h2-3,21H,4-5H2,1H3,(H,18,19)(H2,16,17,20). The molecule has 9 heteroatoms. The number of carbonyl (C=O) groups is 2. The van der Waals surface area contributed by atoms with Gasteiger partial charge in [0.2, 0.25) is 0 Å². The quantitative estimate of drug-likeness (QED) is 0.610. The van der Waals surface area contributed by atoms with Crippen LogP contribution >= 0.6 is 34.8 Å². The molecule has 0 radical (unpaired) electrons. The number of hydrogen-bond acceptors (Lipinski definition) is 3. The Morgan fingerprint density at radius 3 is 2.33 bits per heavy atom. The van der Waals surface area contributed by atoms with Gasteiger partial charge in [-0.2, -0.15) is 0 Å². The Bertz CT molecular complexity index is 564. The molecule has 1 aromatic carbocycles. The summed E-state index contributed by atoms with van der Waals surface area (Å²) in [5.74, 6) is -1.17. The topological polar surface area (TPSA) is 98.7 Å². The summed E-state index contributed by atoms with van der Waals surface area (Å²) in [5, 5.41) is 23.8. The van der Waals surface area contributed by atoms with Crippen molar-refractivity contribution < 1.29 is 19.8 Å². The van der Waals surface area contributed by atoms with Gasteiger partial charge in [0.05, 0.1) is 32.8 Å². The first kappa shape index (κ1) is 17.8. The number of carboxylic acids is 1. The van der Waals surface area contributed by atoms with Crippen LogP contribution in [0.5, 0.6) is 0 Å². The zero-order chi connectivity index (χ0) is 16.2. The lowest BCUT2D eigenvalue weighted by Crippen LogP contribution is -2.43. The second-order valence-corrected chi connectivity index (χ2v) is 5.84. The van der Waals surface area contributed by atoms with Crippen molar-refractivity contribution in [1.82, 2.24) is 5.32 Å². The zero-order valence-corrected chi connectivity index (χ0v) is 13.2. The van der Waals surface area contributed by atoms with E-state index in [9.17, 15) is 14.7 Å². The van der Waals surface area contributed by atoms with E-state index in [0.29, 0.717) is 0 Å². The van der Waals surface area contributed by atoms with Crippen molar-refractivity contribution in [2.24, 2.45) is 0 Å². The molecule has 0 heterocycles. The van der Waals surface area contributed by atoms with E-state index < -0.39 is 24.0 Å². The van der Waals surface area contributed by atoms with Gasteiger partial charge in [-0.3, -0.25) is 4.79 Å². The molecule has 0 bridgehead atoms. The van der Waals surface area contributed by atoms with Gasteiger partial charge in [0.15, 0.2) is 0 Å². The highest BCUT2D eigenvalue weighted by Crippen LogP contribution is 2.32. The van der Waals surface area contributed by atoms with Gasteiger partial charge in [0.1, 0.15) is 0 Å². The van der Waals surface area contributed by atoms with Crippen molar-refractivity contribution in [2.75, 3.05) is 11.9 Å². The number of carbonyl (C=O) groups excluding carboxylic acids is 1. The minimum Gasteiger partial charge on any atom is -0.481 e. The number of amides is 2. The van der Waals surface area contributed by atoms with Crippen LogP contribution in [0.15, 0.2) is 12.1 Å². The Morgan fingerprint density at radius 1 is 1.19 bits per heavy atom. The van der Waals surface area contributed by atoms with Crippen LogP contribution in [0.1, 0.15) is 13.3 Å². The first-order valence-corrected chi connectivity index (χ1v) is 6.88. The second kappa shape index (κ2) is 7.17. The molecule has 0 saturated carbocycles. The summed E-state index contributed by atoms with van der Waals surface area (Å²) in [6.45, 7) is 1.05. The number of carboxylic acid groups (broad SMARTS) is 1. The lowest BCUT2D eigenvalue weighted by Gasteiger charge is -2.21. The number of aliphatic carboxylic acids is 1. The van der Waals surface area contributed by atoms with E-state index in [1.54, 1.807) is 0 Å². The van der Waals surface area contributed by atoms with Gasteiger partial charge >= 0.3 is 12.0 Å². The van der Waals surface area contributed by atoms with E-state index in [1.807, 2.05) is 0 Å². The Hall–Kier alpha value is -1.21. The first-order valence-electron chi connectivity index (χ1n) is 5.74. The smallest absolute Gasteiger partial charge is 0.319 e.